The Hall–Kier alpha value is -0.330. The number of aliphatic hydroxyl groups excluding tert-OH is 1. The quantitative estimate of drug-likeness (QED) is 0.769. The number of rotatable bonds is 4. The number of halogens is 3. The van der Waals surface area contributed by atoms with Crippen LogP contribution < -0.4 is 5.32 Å². The topological polar surface area (TPSA) is 35.5 Å². The predicted molar refractivity (Wildman–Crippen MR) is 55.2 cm³/mol. The molecular weight excluding hydrogens is 221 g/mol. The smallest absolute Gasteiger partial charge is 0.382 e. The molecule has 0 bridgehead atoms. The van der Waals surface area contributed by atoms with E-state index in [9.17, 15) is 13.2 Å². The molecule has 96 valence electrons. The van der Waals surface area contributed by atoms with Gasteiger partial charge in [-0.1, -0.05) is 0 Å². The van der Waals surface area contributed by atoms with Gasteiger partial charge in [0.1, 0.15) is 0 Å². The third-order valence-corrected chi connectivity index (χ3v) is 2.93. The van der Waals surface area contributed by atoms with Crippen molar-refractivity contribution in [3.63, 3.8) is 0 Å². The molecule has 1 aliphatic heterocycles. The first-order valence-electron chi connectivity index (χ1n) is 5.53. The van der Waals surface area contributed by atoms with Gasteiger partial charge in [0.25, 0.3) is 0 Å². The van der Waals surface area contributed by atoms with Crippen LogP contribution in [-0.4, -0.2) is 54.0 Å². The minimum Gasteiger partial charge on any atom is -0.382 e. The lowest BCUT2D eigenvalue weighted by Gasteiger charge is -2.21. The van der Waals surface area contributed by atoms with E-state index in [0.29, 0.717) is 6.04 Å². The van der Waals surface area contributed by atoms with Gasteiger partial charge in [0.15, 0.2) is 6.10 Å². The van der Waals surface area contributed by atoms with Gasteiger partial charge in [0, 0.05) is 25.2 Å². The fraction of sp³-hybridized carbons (Fsp3) is 1.00. The highest BCUT2D eigenvalue weighted by Crippen LogP contribution is 2.20. The molecule has 0 aromatic heterocycles. The minimum absolute atomic E-state index is 0.0550. The molecular formula is C10H19F3N2O. The highest BCUT2D eigenvalue weighted by atomic mass is 19.4. The van der Waals surface area contributed by atoms with E-state index in [4.69, 9.17) is 5.11 Å². The fourth-order valence-corrected chi connectivity index (χ4v) is 1.82. The van der Waals surface area contributed by atoms with Crippen molar-refractivity contribution in [1.29, 1.82) is 0 Å². The summed E-state index contributed by atoms with van der Waals surface area (Å²) in [4.78, 5) is 2.21. The Morgan fingerprint density at radius 2 is 2.06 bits per heavy atom. The van der Waals surface area contributed by atoms with Crippen molar-refractivity contribution in [1.82, 2.24) is 10.2 Å². The first-order chi connectivity index (χ1) is 7.30. The molecule has 1 aliphatic rings. The van der Waals surface area contributed by atoms with Crippen LogP contribution in [0.3, 0.4) is 0 Å². The number of aliphatic hydroxyl groups is 1. The molecule has 0 saturated carbocycles. The van der Waals surface area contributed by atoms with E-state index < -0.39 is 18.8 Å². The van der Waals surface area contributed by atoms with Crippen LogP contribution in [-0.2, 0) is 0 Å². The van der Waals surface area contributed by atoms with Crippen molar-refractivity contribution in [2.45, 2.75) is 44.6 Å². The van der Waals surface area contributed by atoms with Crippen LogP contribution in [0.1, 0.15) is 20.3 Å². The minimum atomic E-state index is -4.52. The zero-order valence-electron chi connectivity index (χ0n) is 9.59. The molecule has 2 N–H and O–H groups in total. The Labute approximate surface area is 93.6 Å². The molecule has 2 atom stereocenters. The number of likely N-dealkylation sites (tertiary alicyclic amines) is 1. The predicted octanol–water partition coefficient (Wildman–Crippen LogP) is 0.982. The van der Waals surface area contributed by atoms with Gasteiger partial charge in [-0.15, -0.1) is 0 Å². The summed E-state index contributed by atoms with van der Waals surface area (Å²) in [5.41, 5.74) is 0. The maximum Gasteiger partial charge on any atom is 0.415 e. The van der Waals surface area contributed by atoms with E-state index in [-0.39, 0.29) is 6.04 Å². The lowest BCUT2D eigenvalue weighted by Crippen LogP contribution is -2.43. The number of hydrogen-bond acceptors (Lipinski definition) is 3. The van der Waals surface area contributed by atoms with Crippen LogP contribution in [0.15, 0.2) is 0 Å². The summed E-state index contributed by atoms with van der Waals surface area (Å²) >= 11 is 0. The highest BCUT2D eigenvalue weighted by Gasteiger charge is 2.38. The third-order valence-electron chi connectivity index (χ3n) is 2.93. The SMILES string of the molecule is CC(C)N1CCC(NCC(O)C(F)(F)F)C1. The van der Waals surface area contributed by atoms with Gasteiger partial charge in [-0.3, -0.25) is 4.90 Å². The summed E-state index contributed by atoms with van der Waals surface area (Å²) in [7, 11) is 0. The Bertz CT molecular complexity index is 221. The van der Waals surface area contributed by atoms with Crippen LogP contribution in [0.5, 0.6) is 0 Å². The van der Waals surface area contributed by atoms with Gasteiger partial charge in [0.05, 0.1) is 0 Å². The first kappa shape index (κ1) is 13.7. The van der Waals surface area contributed by atoms with Gasteiger partial charge < -0.3 is 10.4 Å². The Kier molecular flexibility index (Phi) is 4.58. The lowest BCUT2D eigenvalue weighted by atomic mass is 10.2. The molecule has 2 unspecified atom stereocenters. The summed E-state index contributed by atoms with van der Waals surface area (Å²) in [6.07, 6.45) is -5.95. The average Bonchev–Trinajstić information content (AvgIpc) is 2.60. The van der Waals surface area contributed by atoms with E-state index in [0.717, 1.165) is 19.5 Å². The van der Waals surface area contributed by atoms with E-state index in [1.165, 1.54) is 0 Å². The summed E-state index contributed by atoms with van der Waals surface area (Å²) in [6.45, 7) is 5.36. The molecule has 6 heteroatoms. The number of nitrogens with one attached hydrogen (secondary N) is 1. The van der Waals surface area contributed by atoms with Gasteiger partial charge in [-0.05, 0) is 26.8 Å². The van der Waals surface area contributed by atoms with Crippen molar-refractivity contribution in [2.75, 3.05) is 19.6 Å². The molecule has 0 radical (unpaired) electrons. The highest BCUT2D eigenvalue weighted by molar-refractivity contribution is 4.84. The molecule has 0 amide bonds. The molecule has 16 heavy (non-hydrogen) atoms. The van der Waals surface area contributed by atoms with Crippen molar-refractivity contribution in [2.24, 2.45) is 0 Å². The summed E-state index contributed by atoms with van der Waals surface area (Å²) in [6, 6.07) is 0.471. The summed E-state index contributed by atoms with van der Waals surface area (Å²) < 4.78 is 36.1. The van der Waals surface area contributed by atoms with Crippen LogP contribution >= 0.6 is 0 Å². The van der Waals surface area contributed by atoms with Gasteiger partial charge in [-0.25, -0.2) is 0 Å². The molecule has 0 spiro atoms. The first-order valence-corrected chi connectivity index (χ1v) is 5.53. The number of alkyl halides is 3. The van der Waals surface area contributed by atoms with Crippen LogP contribution in [0, 0.1) is 0 Å². The molecule has 1 heterocycles. The zero-order valence-corrected chi connectivity index (χ0v) is 9.59. The Morgan fingerprint density at radius 3 is 2.50 bits per heavy atom. The maximum atomic E-state index is 12.0. The van der Waals surface area contributed by atoms with Crippen molar-refractivity contribution in [3.05, 3.63) is 0 Å². The number of nitrogens with zero attached hydrogens (tertiary/aromatic N) is 1. The third kappa shape index (κ3) is 3.92. The van der Waals surface area contributed by atoms with Crippen LogP contribution in [0.2, 0.25) is 0 Å². The largest absolute Gasteiger partial charge is 0.415 e. The lowest BCUT2D eigenvalue weighted by molar-refractivity contribution is -0.202. The van der Waals surface area contributed by atoms with Crippen molar-refractivity contribution >= 4 is 0 Å². The van der Waals surface area contributed by atoms with Crippen molar-refractivity contribution < 1.29 is 18.3 Å². The van der Waals surface area contributed by atoms with Crippen LogP contribution in [0.25, 0.3) is 0 Å². The molecule has 3 nitrogen and oxygen atoms in total. The Balaban J connectivity index is 2.25. The van der Waals surface area contributed by atoms with Gasteiger partial charge in [-0.2, -0.15) is 13.2 Å². The van der Waals surface area contributed by atoms with E-state index >= 15 is 0 Å². The van der Waals surface area contributed by atoms with Gasteiger partial charge >= 0.3 is 6.18 Å². The normalized spacial score (nSPS) is 25.3. The molecule has 1 fully saturated rings. The fourth-order valence-electron chi connectivity index (χ4n) is 1.82. The maximum absolute atomic E-state index is 12.0. The Morgan fingerprint density at radius 1 is 1.44 bits per heavy atom. The summed E-state index contributed by atoms with van der Waals surface area (Å²) in [5.74, 6) is 0. The zero-order chi connectivity index (χ0) is 12.3. The monoisotopic (exact) mass is 240 g/mol. The summed E-state index contributed by atoms with van der Waals surface area (Å²) in [5, 5.41) is 11.6. The van der Waals surface area contributed by atoms with E-state index in [1.54, 1.807) is 0 Å². The number of hydrogen-bond donors (Lipinski definition) is 2. The molecule has 0 aromatic rings. The second-order valence-electron chi connectivity index (χ2n) is 4.54. The van der Waals surface area contributed by atoms with Gasteiger partial charge in [0.2, 0.25) is 0 Å². The molecule has 0 aliphatic carbocycles. The second-order valence-corrected chi connectivity index (χ2v) is 4.54. The van der Waals surface area contributed by atoms with E-state index in [2.05, 4.69) is 24.1 Å². The van der Waals surface area contributed by atoms with Crippen molar-refractivity contribution in [3.8, 4) is 0 Å². The van der Waals surface area contributed by atoms with Crippen LogP contribution in [0.4, 0.5) is 13.2 Å². The average molecular weight is 240 g/mol. The second kappa shape index (κ2) is 5.33. The molecule has 0 aromatic carbocycles. The standard InChI is InChI=1S/C10H19F3N2O/c1-7(2)15-4-3-8(6-15)14-5-9(16)10(11,12)13/h7-9,14,16H,3-6H2,1-2H3. The molecule has 1 rings (SSSR count). The molecule has 1 saturated heterocycles. The van der Waals surface area contributed by atoms with E-state index in [1.807, 2.05) is 0 Å².